The Hall–Kier alpha value is -7.86. The van der Waals surface area contributed by atoms with Gasteiger partial charge in [-0.25, -0.2) is 0 Å². The SMILES string of the molecule is CC(=O)COCCOCCOCC(=O)Cc1cc(C(=O)N2C[C@@H](C(=O)N[C@H]3C[C@@H]3c3ccccc3)[C@H](C(=O)N[C@H]3C[C@@H]3c3ccccc3)C2)ccc1C(=O)N1C[C@@H](C(=O)N[C@H]2C[C@@H]2c2ccccc2)[C@H](C(=O)N[C@H]2C[C@@H]2c2ccccc2)C1. The van der Waals surface area contributed by atoms with Crippen LogP contribution in [-0.2, 0) is 49.4 Å². The van der Waals surface area contributed by atoms with E-state index in [1.165, 1.54) is 34.9 Å². The number of carbonyl (C=O) groups excluding carboxylic acids is 8. The summed E-state index contributed by atoms with van der Waals surface area (Å²) in [7, 11) is 0. The van der Waals surface area contributed by atoms with Crippen LogP contribution in [0.25, 0.3) is 0 Å². The molecule has 0 bridgehead atoms. The fourth-order valence-corrected chi connectivity index (χ4v) is 12.3. The lowest BCUT2D eigenvalue weighted by molar-refractivity contribution is -0.133. The largest absolute Gasteiger partial charge is 0.377 e. The lowest BCUT2D eigenvalue weighted by Crippen LogP contribution is -2.43. The first kappa shape index (κ1) is 57.0. The van der Waals surface area contributed by atoms with Crippen molar-refractivity contribution in [3.8, 4) is 0 Å². The van der Waals surface area contributed by atoms with Crippen molar-refractivity contribution in [2.75, 3.05) is 65.8 Å². The first-order valence-corrected chi connectivity index (χ1v) is 29.2. The van der Waals surface area contributed by atoms with Gasteiger partial charge in [-0.15, -0.1) is 0 Å². The Morgan fingerprint density at radius 3 is 1.12 bits per heavy atom. The fourth-order valence-electron chi connectivity index (χ4n) is 12.3. The van der Waals surface area contributed by atoms with Crippen LogP contribution < -0.4 is 21.3 Å². The zero-order chi connectivity index (χ0) is 57.6. The van der Waals surface area contributed by atoms with Gasteiger partial charge in [0.25, 0.3) is 11.8 Å². The summed E-state index contributed by atoms with van der Waals surface area (Å²) in [5.41, 5.74) is 4.97. The Morgan fingerprint density at radius 1 is 0.422 bits per heavy atom. The van der Waals surface area contributed by atoms with Gasteiger partial charge in [0.2, 0.25) is 23.6 Å². The molecular formula is C66H72N6O11. The quantitative estimate of drug-likeness (QED) is 0.0507. The zero-order valence-electron chi connectivity index (χ0n) is 46.7. The van der Waals surface area contributed by atoms with Crippen LogP contribution in [-0.4, -0.2) is 147 Å². The minimum atomic E-state index is -0.870. The van der Waals surface area contributed by atoms with Crippen LogP contribution in [0.1, 0.15) is 105 Å². The minimum Gasteiger partial charge on any atom is -0.377 e. The van der Waals surface area contributed by atoms with Gasteiger partial charge in [-0.3, -0.25) is 38.4 Å². The van der Waals surface area contributed by atoms with Gasteiger partial charge in [-0.1, -0.05) is 121 Å². The molecule has 4 N–H and O–H groups in total. The number of amides is 6. The van der Waals surface area contributed by atoms with E-state index >= 15 is 4.79 Å². The highest BCUT2D eigenvalue weighted by Crippen LogP contribution is 2.45. The number of Topliss-reactive ketones (excluding diaryl/α,β-unsaturated/α-hetero) is 2. The molecule has 0 spiro atoms. The van der Waals surface area contributed by atoms with Crippen molar-refractivity contribution in [2.45, 2.75) is 86.9 Å². The molecule has 17 heteroatoms. The second-order valence-corrected chi connectivity index (χ2v) is 23.3. The number of rotatable bonds is 26. The van der Waals surface area contributed by atoms with E-state index in [4.69, 9.17) is 14.2 Å². The standard InChI is InChI=1S/C66H72N6O11/c1-40(73)38-82-26-24-81-25-27-83-39-47(74)29-46-28-45(65(79)71-34-53(61(75)67-57-30-49(57)41-14-6-2-7-15-41)54(35-71)62(76)68-58-31-50(58)42-16-8-3-9-17-42)22-23-48(46)66(80)72-36-55(63(77)69-59-32-51(59)43-18-10-4-11-19-43)56(37-72)64(78)70-60-33-52(60)44-20-12-5-13-21-44/h2-23,28,49-60H,24-27,29-39H2,1H3,(H,67,75)(H,68,76)(H,69,77)(H,70,78)/t49-,50-,51-,52-,53-,54-,55-,56-,57+,58+,59+,60+/m1/s1. The molecule has 5 aromatic carbocycles. The Labute approximate surface area is 483 Å². The van der Waals surface area contributed by atoms with Crippen LogP contribution >= 0.6 is 0 Å². The van der Waals surface area contributed by atoms with Crippen LogP contribution in [0.4, 0.5) is 0 Å². The molecule has 17 nitrogen and oxygen atoms in total. The van der Waals surface area contributed by atoms with Gasteiger partial charge in [0.1, 0.15) is 13.2 Å². The highest BCUT2D eigenvalue weighted by atomic mass is 16.5. The molecule has 2 heterocycles. The van der Waals surface area contributed by atoms with Crippen molar-refractivity contribution in [3.05, 3.63) is 178 Å². The van der Waals surface area contributed by atoms with E-state index in [0.717, 1.165) is 47.9 Å². The normalized spacial score (nSPS) is 26.3. The summed E-state index contributed by atoms with van der Waals surface area (Å²) in [4.78, 5) is 115. The highest BCUT2D eigenvalue weighted by molar-refractivity contribution is 6.02. The number of benzene rings is 5. The average molecular weight is 1130 g/mol. The summed E-state index contributed by atoms with van der Waals surface area (Å²) in [5, 5.41) is 12.8. The second-order valence-electron chi connectivity index (χ2n) is 23.3. The molecule has 83 heavy (non-hydrogen) atoms. The summed E-state index contributed by atoms with van der Waals surface area (Å²) in [6.45, 7) is 1.56. The van der Waals surface area contributed by atoms with E-state index < -0.39 is 41.3 Å². The first-order valence-electron chi connectivity index (χ1n) is 29.2. The van der Waals surface area contributed by atoms with Gasteiger partial charge < -0.3 is 45.3 Å². The van der Waals surface area contributed by atoms with Gasteiger partial charge in [-0.05, 0) is 78.6 Å². The van der Waals surface area contributed by atoms with E-state index in [2.05, 4.69) is 21.3 Å². The number of hydrogen-bond donors (Lipinski definition) is 4. The molecule has 6 fully saturated rings. The number of nitrogens with zero attached hydrogens (tertiary/aromatic N) is 2. The number of ether oxygens (including phenoxy) is 3. The first-order chi connectivity index (χ1) is 40.4. The molecule has 432 valence electrons. The maximum absolute atomic E-state index is 15.1. The van der Waals surface area contributed by atoms with E-state index in [9.17, 15) is 33.6 Å². The third-order valence-corrected chi connectivity index (χ3v) is 17.2. The molecule has 6 amide bonds. The lowest BCUT2D eigenvalue weighted by Gasteiger charge is -2.21. The molecule has 6 aliphatic rings. The molecule has 0 aromatic heterocycles. The van der Waals surface area contributed by atoms with Crippen molar-refractivity contribution < 1.29 is 52.6 Å². The van der Waals surface area contributed by atoms with Gasteiger partial charge >= 0.3 is 0 Å². The highest BCUT2D eigenvalue weighted by Gasteiger charge is 2.51. The number of likely N-dealkylation sites (tertiary alicyclic amines) is 2. The summed E-state index contributed by atoms with van der Waals surface area (Å²) in [6.07, 6.45) is 2.72. The molecule has 4 aliphatic carbocycles. The van der Waals surface area contributed by atoms with Crippen LogP contribution in [0.3, 0.4) is 0 Å². The average Bonchev–Trinajstić information content (AvgIpc) is 4.60. The second kappa shape index (κ2) is 25.7. The van der Waals surface area contributed by atoms with Gasteiger partial charge in [0.05, 0.1) is 50.1 Å². The summed E-state index contributed by atoms with van der Waals surface area (Å²) >= 11 is 0. The monoisotopic (exact) mass is 1120 g/mol. The third kappa shape index (κ3) is 14.1. The Morgan fingerprint density at radius 2 is 0.759 bits per heavy atom. The van der Waals surface area contributed by atoms with E-state index in [-0.39, 0.29) is 166 Å². The lowest BCUT2D eigenvalue weighted by atomic mass is 9.94. The Balaban J connectivity index is 0.814. The van der Waals surface area contributed by atoms with Crippen molar-refractivity contribution >= 4 is 47.0 Å². The molecule has 0 radical (unpaired) electrons. The number of carbonyl (C=O) groups is 8. The van der Waals surface area contributed by atoms with Crippen molar-refractivity contribution in [1.82, 2.24) is 31.1 Å². The molecule has 11 rings (SSSR count). The van der Waals surface area contributed by atoms with Gasteiger partial charge in [0.15, 0.2) is 11.6 Å². The van der Waals surface area contributed by atoms with E-state index in [0.29, 0.717) is 0 Å². The molecule has 2 saturated heterocycles. The van der Waals surface area contributed by atoms with Gasteiger partial charge in [-0.2, -0.15) is 0 Å². The predicted octanol–water partition coefficient (Wildman–Crippen LogP) is 5.50. The zero-order valence-corrected chi connectivity index (χ0v) is 46.7. The summed E-state index contributed by atoms with van der Waals surface area (Å²) in [5.74, 6) is -5.58. The van der Waals surface area contributed by atoms with Crippen LogP contribution in [0.2, 0.25) is 0 Å². The fraction of sp³-hybridized carbons (Fsp3) is 0.424. The molecule has 4 saturated carbocycles. The third-order valence-electron chi connectivity index (χ3n) is 17.2. The van der Waals surface area contributed by atoms with Crippen LogP contribution in [0, 0.1) is 23.7 Å². The van der Waals surface area contributed by atoms with Crippen LogP contribution in [0.5, 0.6) is 0 Å². The van der Waals surface area contributed by atoms with Crippen molar-refractivity contribution in [1.29, 1.82) is 0 Å². The molecule has 5 aromatic rings. The minimum absolute atomic E-state index is 0.0127. The number of ketones is 2. The van der Waals surface area contributed by atoms with Crippen LogP contribution in [0.15, 0.2) is 140 Å². The number of hydrogen-bond acceptors (Lipinski definition) is 11. The molecular weight excluding hydrogens is 1050 g/mol. The molecule has 12 atom stereocenters. The molecule has 2 aliphatic heterocycles. The Bertz CT molecular complexity index is 3030. The van der Waals surface area contributed by atoms with Gasteiger partial charge in [0, 0.05) is 91.6 Å². The number of nitrogens with one attached hydrogen (secondary N) is 4. The maximum atomic E-state index is 15.1. The van der Waals surface area contributed by atoms with E-state index in [1.807, 2.05) is 121 Å². The molecule has 0 unspecified atom stereocenters. The summed E-state index contributed by atoms with van der Waals surface area (Å²) < 4.78 is 16.5. The topological polar surface area (TPSA) is 219 Å². The predicted molar refractivity (Wildman–Crippen MR) is 307 cm³/mol. The summed E-state index contributed by atoms with van der Waals surface area (Å²) in [6, 6.07) is 43.9. The Kier molecular flexibility index (Phi) is 17.7. The van der Waals surface area contributed by atoms with E-state index in [1.54, 1.807) is 0 Å². The van der Waals surface area contributed by atoms with Crippen molar-refractivity contribution in [2.24, 2.45) is 23.7 Å². The smallest absolute Gasteiger partial charge is 0.254 e. The van der Waals surface area contributed by atoms with Crippen molar-refractivity contribution in [3.63, 3.8) is 0 Å². The maximum Gasteiger partial charge on any atom is 0.254 e.